The first kappa shape index (κ1) is 17.1. The fourth-order valence-electron chi connectivity index (χ4n) is 2.16. The van der Waals surface area contributed by atoms with Crippen molar-refractivity contribution in [2.24, 2.45) is 16.3 Å². The third-order valence-electron chi connectivity index (χ3n) is 3.84. The van der Waals surface area contributed by atoms with Gasteiger partial charge in [0.15, 0.2) is 0 Å². The SMILES string of the molecule is COc1cccc(N(C)CCCCC(C)(C)/C(N)=N/O)c1. The first-order valence-corrected chi connectivity index (χ1v) is 7.24. The second-order valence-corrected chi connectivity index (χ2v) is 5.95. The van der Waals surface area contributed by atoms with E-state index in [1.807, 2.05) is 32.0 Å². The van der Waals surface area contributed by atoms with Crippen LogP contribution in [0.3, 0.4) is 0 Å². The molecular weight excluding hydrogens is 266 g/mol. The van der Waals surface area contributed by atoms with Gasteiger partial charge in [-0.15, -0.1) is 0 Å². The van der Waals surface area contributed by atoms with Gasteiger partial charge in [-0.3, -0.25) is 0 Å². The summed E-state index contributed by atoms with van der Waals surface area (Å²) in [5.41, 5.74) is 6.57. The molecule has 1 rings (SSSR count). The molecule has 0 radical (unpaired) electrons. The highest BCUT2D eigenvalue weighted by Gasteiger charge is 2.22. The summed E-state index contributed by atoms with van der Waals surface area (Å²) in [6.45, 7) is 4.95. The molecule has 0 saturated carbocycles. The second kappa shape index (κ2) is 7.76. The summed E-state index contributed by atoms with van der Waals surface area (Å²) in [6.07, 6.45) is 2.97. The van der Waals surface area contributed by atoms with Gasteiger partial charge >= 0.3 is 0 Å². The molecule has 0 spiro atoms. The number of hydrogen-bond donors (Lipinski definition) is 2. The van der Waals surface area contributed by atoms with Crippen molar-refractivity contribution < 1.29 is 9.94 Å². The van der Waals surface area contributed by atoms with Crippen LogP contribution in [0.25, 0.3) is 0 Å². The number of rotatable bonds is 8. The largest absolute Gasteiger partial charge is 0.497 e. The summed E-state index contributed by atoms with van der Waals surface area (Å²) < 4.78 is 5.24. The average Bonchev–Trinajstić information content (AvgIpc) is 2.50. The smallest absolute Gasteiger partial charge is 0.144 e. The number of nitrogens with two attached hydrogens (primary N) is 1. The zero-order valence-electron chi connectivity index (χ0n) is 13.5. The average molecular weight is 293 g/mol. The van der Waals surface area contributed by atoms with Crippen molar-refractivity contribution in [1.29, 1.82) is 0 Å². The summed E-state index contributed by atoms with van der Waals surface area (Å²) in [6, 6.07) is 8.03. The van der Waals surface area contributed by atoms with Crippen LogP contribution in [0.15, 0.2) is 29.4 Å². The summed E-state index contributed by atoms with van der Waals surface area (Å²) in [7, 11) is 3.75. The van der Waals surface area contributed by atoms with E-state index in [-0.39, 0.29) is 5.41 Å². The van der Waals surface area contributed by atoms with Gasteiger partial charge < -0.3 is 20.6 Å². The maximum atomic E-state index is 8.76. The minimum Gasteiger partial charge on any atom is -0.497 e. The summed E-state index contributed by atoms with van der Waals surface area (Å²) in [5, 5.41) is 11.9. The topological polar surface area (TPSA) is 71.1 Å². The molecule has 0 heterocycles. The lowest BCUT2D eigenvalue weighted by atomic mass is 9.86. The normalized spacial score (nSPS) is 12.3. The molecule has 1 aromatic rings. The predicted molar refractivity (Wildman–Crippen MR) is 87.3 cm³/mol. The number of nitrogens with zero attached hydrogens (tertiary/aromatic N) is 2. The van der Waals surface area contributed by atoms with Crippen LogP contribution in [-0.2, 0) is 0 Å². The third kappa shape index (κ3) is 5.17. The molecule has 0 aliphatic heterocycles. The molecule has 0 fully saturated rings. The van der Waals surface area contributed by atoms with Gasteiger partial charge in [-0.25, -0.2) is 0 Å². The molecule has 0 aromatic heterocycles. The van der Waals surface area contributed by atoms with Gasteiger partial charge in [-0.2, -0.15) is 0 Å². The Kier molecular flexibility index (Phi) is 6.34. The molecule has 118 valence electrons. The van der Waals surface area contributed by atoms with Crippen LogP contribution < -0.4 is 15.4 Å². The van der Waals surface area contributed by atoms with Gasteiger partial charge in [-0.05, 0) is 25.0 Å². The lowest BCUT2D eigenvalue weighted by molar-refractivity contribution is 0.304. The van der Waals surface area contributed by atoms with Crippen LogP contribution in [0, 0.1) is 5.41 Å². The van der Waals surface area contributed by atoms with Crippen molar-refractivity contribution in [3.05, 3.63) is 24.3 Å². The van der Waals surface area contributed by atoms with Gasteiger partial charge in [0.25, 0.3) is 0 Å². The zero-order chi connectivity index (χ0) is 15.9. The van der Waals surface area contributed by atoms with Gasteiger partial charge in [-0.1, -0.05) is 31.5 Å². The van der Waals surface area contributed by atoms with Gasteiger partial charge in [0.1, 0.15) is 11.6 Å². The summed E-state index contributed by atoms with van der Waals surface area (Å²) in [5.74, 6) is 1.16. The van der Waals surface area contributed by atoms with Crippen LogP contribution in [0.1, 0.15) is 33.1 Å². The number of oxime groups is 1. The molecule has 5 heteroatoms. The molecule has 0 aliphatic carbocycles. The standard InChI is InChI=1S/C16H27N3O2/c1-16(2,15(17)18-20)10-5-6-11-19(3)13-8-7-9-14(12-13)21-4/h7-9,12,20H,5-6,10-11H2,1-4H3,(H2,17,18). The van der Waals surface area contributed by atoms with Gasteiger partial charge in [0.2, 0.25) is 0 Å². The van der Waals surface area contributed by atoms with E-state index in [0.717, 1.165) is 37.2 Å². The van der Waals surface area contributed by atoms with Crippen molar-refractivity contribution >= 4 is 11.5 Å². The number of unbranched alkanes of at least 4 members (excludes halogenated alkanes) is 1. The molecule has 0 unspecified atom stereocenters. The number of hydrogen-bond acceptors (Lipinski definition) is 4. The number of methoxy groups -OCH3 is 1. The Morgan fingerprint density at radius 2 is 2.10 bits per heavy atom. The van der Waals surface area contributed by atoms with E-state index in [1.165, 1.54) is 0 Å². The molecule has 0 bridgehead atoms. The van der Waals surface area contributed by atoms with Crippen molar-refractivity contribution in [3.8, 4) is 5.75 Å². The van der Waals surface area contributed by atoms with Crippen molar-refractivity contribution in [3.63, 3.8) is 0 Å². The van der Waals surface area contributed by atoms with E-state index < -0.39 is 0 Å². The highest BCUT2D eigenvalue weighted by atomic mass is 16.5. The highest BCUT2D eigenvalue weighted by molar-refractivity contribution is 5.85. The summed E-state index contributed by atoms with van der Waals surface area (Å²) >= 11 is 0. The highest BCUT2D eigenvalue weighted by Crippen LogP contribution is 2.24. The van der Waals surface area contributed by atoms with E-state index in [1.54, 1.807) is 7.11 Å². The van der Waals surface area contributed by atoms with E-state index in [2.05, 4.69) is 23.2 Å². The Morgan fingerprint density at radius 1 is 1.38 bits per heavy atom. The van der Waals surface area contributed by atoms with E-state index >= 15 is 0 Å². The number of ether oxygens (including phenoxy) is 1. The maximum Gasteiger partial charge on any atom is 0.144 e. The fraction of sp³-hybridized carbons (Fsp3) is 0.562. The molecule has 5 nitrogen and oxygen atoms in total. The molecule has 0 saturated heterocycles. The van der Waals surface area contributed by atoms with Gasteiger partial charge in [0.05, 0.1) is 7.11 Å². The predicted octanol–water partition coefficient (Wildman–Crippen LogP) is 3.07. The molecule has 0 atom stereocenters. The molecule has 1 aromatic carbocycles. The Labute approximate surface area is 127 Å². The lowest BCUT2D eigenvalue weighted by Gasteiger charge is -2.24. The van der Waals surface area contributed by atoms with Crippen LogP contribution in [0.5, 0.6) is 5.75 Å². The van der Waals surface area contributed by atoms with Crippen LogP contribution in [0.2, 0.25) is 0 Å². The monoisotopic (exact) mass is 293 g/mol. The minimum atomic E-state index is -0.261. The molecular formula is C16H27N3O2. The minimum absolute atomic E-state index is 0.261. The Balaban J connectivity index is 2.42. The van der Waals surface area contributed by atoms with Crippen molar-refractivity contribution in [1.82, 2.24) is 0 Å². The van der Waals surface area contributed by atoms with E-state index in [0.29, 0.717) is 5.84 Å². The Morgan fingerprint density at radius 3 is 2.71 bits per heavy atom. The fourth-order valence-corrected chi connectivity index (χ4v) is 2.16. The molecule has 21 heavy (non-hydrogen) atoms. The number of amidine groups is 1. The van der Waals surface area contributed by atoms with Crippen molar-refractivity contribution in [2.45, 2.75) is 33.1 Å². The second-order valence-electron chi connectivity index (χ2n) is 5.95. The lowest BCUT2D eigenvalue weighted by Crippen LogP contribution is -2.32. The number of benzene rings is 1. The third-order valence-corrected chi connectivity index (χ3v) is 3.84. The zero-order valence-corrected chi connectivity index (χ0v) is 13.5. The number of anilines is 1. The summed E-state index contributed by atoms with van der Waals surface area (Å²) in [4.78, 5) is 2.21. The molecule has 3 N–H and O–H groups in total. The first-order valence-electron chi connectivity index (χ1n) is 7.24. The van der Waals surface area contributed by atoms with Crippen molar-refractivity contribution in [2.75, 3.05) is 25.6 Å². The Hall–Kier alpha value is -1.91. The quantitative estimate of drug-likeness (QED) is 0.254. The van der Waals surface area contributed by atoms with Gasteiger partial charge in [0, 0.05) is 30.8 Å². The van der Waals surface area contributed by atoms with Crippen LogP contribution in [-0.4, -0.2) is 31.7 Å². The Bertz CT molecular complexity index is 472. The first-order chi connectivity index (χ1) is 9.90. The molecule has 0 amide bonds. The van der Waals surface area contributed by atoms with E-state index in [9.17, 15) is 0 Å². The van der Waals surface area contributed by atoms with E-state index in [4.69, 9.17) is 15.7 Å². The van der Waals surface area contributed by atoms with Crippen LogP contribution in [0.4, 0.5) is 5.69 Å². The molecule has 0 aliphatic rings. The van der Waals surface area contributed by atoms with Crippen LogP contribution >= 0.6 is 0 Å². The maximum absolute atomic E-state index is 8.76.